The largest absolute Gasteiger partial charge is 0.481 e. The first kappa shape index (κ1) is 12.3. The fourth-order valence-electron chi connectivity index (χ4n) is 1.46. The minimum atomic E-state index is -2.70. The standard InChI is InChI=1S/C11H10F2O3/c12-11(13)9-3-1-2-7(6-14)8(9)4-5-10(15)16/h1-3,6,11H,4-5H2,(H,15,16). The molecule has 86 valence electrons. The number of carbonyl (C=O) groups excluding carboxylic acids is 1. The quantitative estimate of drug-likeness (QED) is 0.787. The van der Waals surface area contributed by atoms with Crippen molar-refractivity contribution in [1.82, 2.24) is 0 Å². The average molecular weight is 228 g/mol. The summed E-state index contributed by atoms with van der Waals surface area (Å²) in [6, 6.07) is 3.96. The van der Waals surface area contributed by atoms with Gasteiger partial charge in [-0.3, -0.25) is 9.59 Å². The summed E-state index contributed by atoms with van der Waals surface area (Å²) in [5.74, 6) is -1.08. The van der Waals surface area contributed by atoms with Crippen molar-refractivity contribution in [1.29, 1.82) is 0 Å². The molecule has 0 aliphatic rings. The van der Waals surface area contributed by atoms with E-state index < -0.39 is 12.4 Å². The molecule has 0 aliphatic carbocycles. The Labute approximate surface area is 90.7 Å². The maximum absolute atomic E-state index is 12.6. The summed E-state index contributed by atoms with van der Waals surface area (Å²) >= 11 is 0. The highest BCUT2D eigenvalue weighted by atomic mass is 19.3. The Kier molecular flexibility index (Phi) is 4.10. The Hall–Kier alpha value is -1.78. The second-order valence-electron chi connectivity index (χ2n) is 3.23. The number of hydrogen-bond donors (Lipinski definition) is 1. The van der Waals surface area contributed by atoms with E-state index in [-0.39, 0.29) is 29.5 Å². The van der Waals surface area contributed by atoms with Crippen LogP contribution >= 0.6 is 0 Å². The molecule has 0 aliphatic heterocycles. The van der Waals surface area contributed by atoms with Crippen molar-refractivity contribution < 1.29 is 23.5 Å². The number of carboxylic acid groups (broad SMARTS) is 1. The number of carboxylic acids is 1. The van der Waals surface area contributed by atoms with Crippen LogP contribution in [0.15, 0.2) is 18.2 Å². The highest BCUT2D eigenvalue weighted by Gasteiger charge is 2.16. The minimum Gasteiger partial charge on any atom is -0.481 e. The first-order chi connectivity index (χ1) is 7.56. The number of hydrogen-bond acceptors (Lipinski definition) is 2. The van der Waals surface area contributed by atoms with Gasteiger partial charge in [-0.2, -0.15) is 0 Å². The van der Waals surface area contributed by atoms with E-state index in [0.717, 1.165) is 0 Å². The van der Waals surface area contributed by atoms with Gasteiger partial charge in [0.2, 0.25) is 0 Å². The molecule has 16 heavy (non-hydrogen) atoms. The highest BCUT2D eigenvalue weighted by Crippen LogP contribution is 2.25. The maximum atomic E-state index is 12.6. The fraction of sp³-hybridized carbons (Fsp3) is 0.273. The molecule has 0 unspecified atom stereocenters. The monoisotopic (exact) mass is 228 g/mol. The van der Waals surface area contributed by atoms with Gasteiger partial charge in [0.25, 0.3) is 6.43 Å². The molecule has 0 heterocycles. The Balaban J connectivity index is 3.09. The molecule has 0 saturated heterocycles. The van der Waals surface area contributed by atoms with E-state index in [1.54, 1.807) is 0 Å². The third-order valence-electron chi connectivity index (χ3n) is 2.20. The average Bonchev–Trinajstić information content (AvgIpc) is 2.25. The lowest BCUT2D eigenvalue weighted by Gasteiger charge is -2.09. The number of aldehydes is 1. The molecule has 1 rings (SSSR count). The number of aliphatic carboxylic acids is 1. The van der Waals surface area contributed by atoms with Crippen molar-refractivity contribution >= 4 is 12.3 Å². The molecular weight excluding hydrogens is 218 g/mol. The molecule has 0 radical (unpaired) electrons. The smallest absolute Gasteiger partial charge is 0.303 e. The highest BCUT2D eigenvalue weighted by molar-refractivity contribution is 5.78. The first-order valence-corrected chi connectivity index (χ1v) is 4.63. The van der Waals surface area contributed by atoms with Crippen LogP contribution in [0.4, 0.5) is 8.78 Å². The predicted molar refractivity (Wildman–Crippen MR) is 52.7 cm³/mol. The molecular formula is C11H10F2O3. The third kappa shape index (κ3) is 2.85. The van der Waals surface area contributed by atoms with Crippen LogP contribution in [0.5, 0.6) is 0 Å². The zero-order valence-electron chi connectivity index (χ0n) is 8.32. The van der Waals surface area contributed by atoms with Gasteiger partial charge in [0.15, 0.2) is 0 Å². The van der Waals surface area contributed by atoms with E-state index in [1.165, 1.54) is 18.2 Å². The molecule has 3 nitrogen and oxygen atoms in total. The minimum absolute atomic E-state index is 0.0656. The summed E-state index contributed by atoms with van der Waals surface area (Å²) in [6.45, 7) is 0. The third-order valence-corrected chi connectivity index (χ3v) is 2.20. The number of alkyl halides is 2. The van der Waals surface area contributed by atoms with Gasteiger partial charge < -0.3 is 5.11 Å². The summed E-state index contributed by atoms with van der Waals surface area (Å²) in [5, 5.41) is 8.49. The van der Waals surface area contributed by atoms with Gasteiger partial charge in [-0.05, 0) is 12.0 Å². The maximum Gasteiger partial charge on any atom is 0.303 e. The van der Waals surface area contributed by atoms with Crippen LogP contribution in [-0.2, 0) is 11.2 Å². The summed E-state index contributed by atoms with van der Waals surface area (Å²) in [7, 11) is 0. The van der Waals surface area contributed by atoms with Crippen molar-refractivity contribution in [2.24, 2.45) is 0 Å². The molecule has 1 aromatic rings. The molecule has 0 fully saturated rings. The number of rotatable bonds is 5. The molecule has 0 atom stereocenters. The summed E-state index contributed by atoms with van der Waals surface area (Å²) in [5.41, 5.74) is -0.0280. The first-order valence-electron chi connectivity index (χ1n) is 4.63. The molecule has 0 aromatic heterocycles. The SMILES string of the molecule is O=Cc1cccc(C(F)F)c1CCC(=O)O. The lowest BCUT2D eigenvalue weighted by atomic mass is 9.97. The van der Waals surface area contributed by atoms with E-state index in [1.807, 2.05) is 0 Å². The van der Waals surface area contributed by atoms with E-state index in [9.17, 15) is 18.4 Å². The Bertz CT molecular complexity index is 402. The van der Waals surface area contributed by atoms with E-state index in [4.69, 9.17) is 5.11 Å². The molecule has 0 spiro atoms. The van der Waals surface area contributed by atoms with Crippen LogP contribution in [0.25, 0.3) is 0 Å². The van der Waals surface area contributed by atoms with Crippen LogP contribution in [0.3, 0.4) is 0 Å². The lowest BCUT2D eigenvalue weighted by molar-refractivity contribution is -0.136. The Morgan fingerprint density at radius 2 is 2.12 bits per heavy atom. The van der Waals surface area contributed by atoms with Gasteiger partial charge in [-0.15, -0.1) is 0 Å². The van der Waals surface area contributed by atoms with Gasteiger partial charge in [0.05, 0.1) is 0 Å². The summed E-state index contributed by atoms with van der Waals surface area (Å²) in [6.07, 6.45) is -2.58. The number of carbonyl (C=O) groups is 2. The second-order valence-corrected chi connectivity index (χ2v) is 3.23. The van der Waals surface area contributed by atoms with E-state index >= 15 is 0 Å². The molecule has 1 aromatic carbocycles. The summed E-state index contributed by atoms with van der Waals surface area (Å²) < 4.78 is 25.2. The zero-order valence-corrected chi connectivity index (χ0v) is 8.32. The topological polar surface area (TPSA) is 54.4 Å². The van der Waals surface area contributed by atoms with Crippen LogP contribution in [0, 0.1) is 0 Å². The van der Waals surface area contributed by atoms with Crippen LogP contribution in [-0.4, -0.2) is 17.4 Å². The van der Waals surface area contributed by atoms with Crippen LogP contribution in [0.2, 0.25) is 0 Å². The van der Waals surface area contributed by atoms with Crippen molar-refractivity contribution in [3.05, 3.63) is 34.9 Å². The van der Waals surface area contributed by atoms with Crippen molar-refractivity contribution in [2.75, 3.05) is 0 Å². The van der Waals surface area contributed by atoms with Gasteiger partial charge in [-0.25, -0.2) is 8.78 Å². The molecule has 0 amide bonds. The molecule has 0 saturated carbocycles. The van der Waals surface area contributed by atoms with Gasteiger partial charge in [-0.1, -0.05) is 18.2 Å². The van der Waals surface area contributed by atoms with Crippen LogP contribution < -0.4 is 0 Å². The fourth-order valence-corrected chi connectivity index (χ4v) is 1.46. The predicted octanol–water partition coefficient (Wildman–Crippen LogP) is 2.45. The molecule has 0 bridgehead atoms. The van der Waals surface area contributed by atoms with Crippen molar-refractivity contribution in [3.8, 4) is 0 Å². The Morgan fingerprint density at radius 3 is 2.62 bits per heavy atom. The van der Waals surface area contributed by atoms with E-state index in [2.05, 4.69) is 0 Å². The number of halogens is 2. The van der Waals surface area contributed by atoms with Gasteiger partial charge in [0.1, 0.15) is 6.29 Å². The van der Waals surface area contributed by atoms with Gasteiger partial charge in [0, 0.05) is 17.5 Å². The summed E-state index contributed by atoms with van der Waals surface area (Å²) in [4.78, 5) is 21.0. The number of benzene rings is 1. The lowest BCUT2D eigenvalue weighted by Crippen LogP contribution is -2.04. The van der Waals surface area contributed by atoms with Gasteiger partial charge >= 0.3 is 5.97 Å². The van der Waals surface area contributed by atoms with Crippen molar-refractivity contribution in [2.45, 2.75) is 19.3 Å². The van der Waals surface area contributed by atoms with E-state index in [0.29, 0.717) is 6.29 Å². The Morgan fingerprint density at radius 1 is 1.44 bits per heavy atom. The molecule has 1 N–H and O–H groups in total. The van der Waals surface area contributed by atoms with Crippen molar-refractivity contribution in [3.63, 3.8) is 0 Å². The second kappa shape index (κ2) is 5.34. The van der Waals surface area contributed by atoms with Crippen LogP contribution in [0.1, 0.15) is 34.3 Å². The molecule has 5 heteroatoms. The normalized spacial score (nSPS) is 10.4. The zero-order chi connectivity index (χ0) is 12.1.